The minimum absolute atomic E-state index is 0.125. The Balaban J connectivity index is 1.96. The van der Waals surface area contributed by atoms with Crippen LogP contribution < -0.4 is 0 Å². The molecule has 3 rings (SSSR count). The highest BCUT2D eigenvalue weighted by Crippen LogP contribution is 2.51. The molecule has 3 aliphatic carbocycles. The van der Waals surface area contributed by atoms with Crippen LogP contribution in [0.5, 0.6) is 0 Å². The van der Waals surface area contributed by atoms with Crippen LogP contribution in [0.25, 0.3) is 0 Å². The van der Waals surface area contributed by atoms with E-state index in [2.05, 4.69) is 12.2 Å². The predicted molar refractivity (Wildman–Crippen MR) is 78.2 cm³/mol. The van der Waals surface area contributed by atoms with Crippen LogP contribution in [0.15, 0.2) is 35.3 Å². The molecule has 3 atom stereocenters. The lowest BCUT2D eigenvalue weighted by Gasteiger charge is -2.41. The molecule has 0 fully saturated rings. The fourth-order valence-corrected chi connectivity index (χ4v) is 3.28. The van der Waals surface area contributed by atoms with Crippen molar-refractivity contribution in [2.24, 2.45) is 11.8 Å². The highest BCUT2D eigenvalue weighted by Gasteiger charge is 2.61. The third-order valence-electron chi connectivity index (χ3n) is 4.10. The van der Waals surface area contributed by atoms with Crippen molar-refractivity contribution < 1.29 is 19.4 Å². The van der Waals surface area contributed by atoms with Gasteiger partial charge in [0.25, 0.3) is 0 Å². The molecule has 114 valence electrons. The Hall–Kier alpha value is -1.55. The van der Waals surface area contributed by atoms with E-state index >= 15 is 0 Å². The zero-order valence-corrected chi connectivity index (χ0v) is 12.9. The van der Waals surface area contributed by atoms with Gasteiger partial charge in [0.05, 0.1) is 12.2 Å². The number of rotatable bonds is 5. The van der Waals surface area contributed by atoms with Crippen LogP contribution in [0.2, 0.25) is 0 Å². The van der Waals surface area contributed by atoms with Gasteiger partial charge in [0.1, 0.15) is 0 Å². The van der Waals surface area contributed by atoms with E-state index in [0.29, 0.717) is 5.92 Å². The summed E-state index contributed by atoms with van der Waals surface area (Å²) in [6.07, 6.45) is 6.88. The molecule has 0 aliphatic heterocycles. The van der Waals surface area contributed by atoms with Gasteiger partial charge in [-0.05, 0) is 45.6 Å². The molecule has 3 aliphatic rings. The van der Waals surface area contributed by atoms with Crippen molar-refractivity contribution in [3.63, 3.8) is 0 Å². The predicted octanol–water partition coefficient (Wildman–Crippen LogP) is 2.49. The Morgan fingerprint density at radius 2 is 1.86 bits per heavy atom. The van der Waals surface area contributed by atoms with E-state index in [9.17, 15) is 9.90 Å². The maximum atomic E-state index is 12.5. The van der Waals surface area contributed by atoms with Crippen molar-refractivity contribution in [1.29, 1.82) is 0 Å². The molecule has 0 amide bonds. The number of ketones is 1. The first-order valence-electron chi connectivity index (χ1n) is 7.59. The fourth-order valence-electron chi connectivity index (χ4n) is 3.28. The number of ether oxygens (including phenoxy) is 2. The molecule has 0 aromatic heterocycles. The number of hydrogen-bond acceptors (Lipinski definition) is 4. The Kier molecular flexibility index (Phi) is 3.24. The van der Waals surface area contributed by atoms with Gasteiger partial charge in [-0.3, -0.25) is 4.79 Å². The van der Waals surface area contributed by atoms with Gasteiger partial charge >= 0.3 is 0 Å². The molecule has 0 spiro atoms. The van der Waals surface area contributed by atoms with Gasteiger partial charge in [-0.1, -0.05) is 18.2 Å². The first kappa shape index (κ1) is 14.4. The van der Waals surface area contributed by atoms with Gasteiger partial charge in [0.15, 0.2) is 5.76 Å². The Labute approximate surface area is 125 Å². The lowest BCUT2D eigenvalue weighted by molar-refractivity contribution is -0.146. The molecular formula is C17H22O4. The van der Waals surface area contributed by atoms with Crippen LogP contribution in [0, 0.1) is 11.8 Å². The molecular weight excluding hydrogens is 268 g/mol. The number of aliphatic hydroxyl groups is 1. The number of carbonyl (C=O) groups excluding carboxylic acids is 1. The first-order valence-corrected chi connectivity index (χ1v) is 7.59. The molecule has 0 aromatic carbocycles. The Morgan fingerprint density at radius 1 is 1.19 bits per heavy atom. The van der Waals surface area contributed by atoms with Gasteiger partial charge in [0, 0.05) is 5.92 Å². The van der Waals surface area contributed by atoms with E-state index < -0.39 is 5.60 Å². The van der Waals surface area contributed by atoms with Gasteiger partial charge in [-0.25, -0.2) is 0 Å². The van der Waals surface area contributed by atoms with E-state index in [-0.39, 0.29) is 35.4 Å². The van der Waals surface area contributed by atoms with Crippen molar-refractivity contribution in [1.82, 2.24) is 0 Å². The van der Waals surface area contributed by atoms with Crippen molar-refractivity contribution in [2.45, 2.75) is 51.9 Å². The van der Waals surface area contributed by atoms with Crippen molar-refractivity contribution in [3.05, 3.63) is 35.3 Å². The second-order valence-corrected chi connectivity index (χ2v) is 6.54. The first-order chi connectivity index (χ1) is 9.84. The zero-order valence-electron chi connectivity index (χ0n) is 12.9. The summed E-state index contributed by atoms with van der Waals surface area (Å²) in [6.45, 7) is 7.45. The monoisotopic (exact) mass is 290 g/mol. The number of carbonyl (C=O) groups is 1. The third-order valence-corrected chi connectivity index (χ3v) is 4.10. The SMILES string of the molecule is CC(C)OC1=C(OC(C)C)C(O)(C2=C[C@@H]3C=C[C@H]2C3)C1=O. The summed E-state index contributed by atoms with van der Waals surface area (Å²) >= 11 is 0. The summed E-state index contributed by atoms with van der Waals surface area (Å²) in [7, 11) is 0. The molecule has 4 heteroatoms. The zero-order chi connectivity index (χ0) is 15.4. The molecule has 0 heterocycles. The van der Waals surface area contributed by atoms with Crippen LogP contribution >= 0.6 is 0 Å². The summed E-state index contributed by atoms with van der Waals surface area (Å²) in [5.41, 5.74) is -0.870. The number of Topliss-reactive ketones (excluding diaryl/α,β-unsaturated/α-hetero) is 1. The molecule has 2 bridgehead atoms. The average Bonchev–Trinajstić information content (AvgIpc) is 3.03. The van der Waals surface area contributed by atoms with Crippen LogP contribution in [0.4, 0.5) is 0 Å². The molecule has 1 unspecified atom stereocenters. The van der Waals surface area contributed by atoms with Crippen LogP contribution in [-0.2, 0) is 14.3 Å². The second kappa shape index (κ2) is 4.73. The molecule has 1 N–H and O–H groups in total. The van der Waals surface area contributed by atoms with Crippen LogP contribution in [-0.4, -0.2) is 28.7 Å². The maximum Gasteiger partial charge on any atom is 0.244 e. The average molecular weight is 290 g/mol. The lowest BCUT2D eigenvalue weighted by atomic mass is 9.73. The number of hydrogen-bond donors (Lipinski definition) is 1. The van der Waals surface area contributed by atoms with Crippen molar-refractivity contribution in [3.8, 4) is 0 Å². The third kappa shape index (κ3) is 2.04. The molecule has 0 saturated heterocycles. The fraction of sp³-hybridized carbons (Fsp3) is 0.588. The van der Waals surface area contributed by atoms with E-state index in [1.165, 1.54) is 0 Å². The minimum atomic E-state index is -1.63. The summed E-state index contributed by atoms with van der Waals surface area (Å²) in [5, 5.41) is 11.0. The molecule has 0 aromatic rings. The largest absolute Gasteiger partial charge is 0.487 e. The van der Waals surface area contributed by atoms with E-state index in [1.54, 1.807) is 0 Å². The normalized spacial score (nSPS) is 33.9. The smallest absolute Gasteiger partial charge is 0.244 e. The topological polar surface area (TPSA) is 55.8 Å². The van der Waals surface area contributed by atoms with Gasteiger partial charge in [-0.15, -0.1) is 0 Å². The summed E-state index contributed by atoms with van der Waals surface area (Å²) in [4.78, 5) is 12.5. The van der Waals surface area contributed by atoms with Crippen LogP contribution in [0.3, 0.4) is 0 Å². The number of fused-ring (bicyclic) bond motifs is 2. The lowest BCUT2D eigenvalue weighted by Crippen LogP contribution is -2.55. The van der Waals surface area contributed by atoms with Crippen molar-refractivity contribution >= 4 is 5.78 Å². The highest BCUT2D eigenvalue weighted by molar-refractivity contribution is 6.12. The quantitative estimate of drug-likeness (QED) is 0.790. The molecule has 0 radical (unpaired) electrons. The second-order valence-electron chi connectivity index (χ2n) is 6.54. The van der Waals surface area contributed by atoms with E-state index in [1.807, 2.05) is 33.8 Å². The minimum Gasteiger partial charge on any atom is -0.487 e. The summed E-state index contributed by atoms with van der Waals surface area (Å²) < 4.78 is 11.3. The van der Waals surface area contributed by atoms with Gasteiger partial charge < -0.3 is 14.6 Å². The van der Waals surface area contributed by atoms with Gasteiger partial charge in [0.2, 0.25) is 17.1 Å². The molecule has 4 nitrogen and oxygen atoms in total. The van der Waals surface area contributed by atoms with E-state index in [4.69, 9.17) is 9.47 Å². The van der Waals surface area contributed by atoms with Crippen LogP contribution in [0.1, 0.15) is 34.1 Å². The highest BCUT2D eigenvalue weighted by atomic mass is 16.6. The molecule has 21 heavy (non-hydrogen) atoms. The Bertz CT molecular complexity index is 567. The summed E-state index contributed by atoms with van der Waals surface area (Å²) in [5.74, 6) is 0.545. The number of allylic oxidation sites excluding steroid dienone is 3. The van der Waals surface area contributed by atoms with Gasteiger partial charge in [-0.2, -0.15) is 0 Å². The molecule has 0 saturated carbocycles. The van der Waals surface area contributed by atoms with E-state index in [0.717, 1.165) is 12.0 Å². The summed E-state index contributed by atoms with van der Waals surface area (Å²) in [6, 6.07) is 0. The maximum absolute atomic E-state index is 12.5. The van der Waals surface area contributed by atoms with Crippen molar-refractivity contribution in [2.75, 3.05) is 0 Å². The standard InChI is InChI=1S/C17H22O4/c1-9(2)20-14-15(18)17(19,16(14)21-10(3)4)13-8-11-5-6-12(13)7-11/h5-6,8-12,19H,7H2,1-4H3/t11-,12+,17?/m1/s1. The Morgan fingerprint density at radius 3 is 2.33 bits per heavy atom.